The maximum Gasteiger partial charge on any atom is 0.269 e. The lowest BCUT2D eigenvalue weighted by Gasteiger charge is -2.24. The predicted octanol–water partition coefficient (Wildman–Crippen LogP) is 4.00. The number of nitrogens with zero attached hydrogens (tertiary/aromatic N) is 4. The molecule has 1 atom stereocenters. The minimum Gasteiger partial charge on any atom is -0.324 e. The molecule has 124 valence electrons. The van der Waals surface area contributed by atoms with E-state index in [9.17, 15) is 10.1 Å². The minimum absolute atomic E-state index is 0.0521. The Morgan fingerprint density at radius 1 is 1.20 bits per heavy atom. The van der Waals surface area contributed by atoms with E-state index in [1.165, 1.54) is 12.4 Å². The summed E-state index contributed by atoms with van der Waals surface area (Å²) in [6, 6.07) is 14.2. The van der Waals surface area contributed by atoms with Gasteiger partial charge < -0.3 is 5.32 Å². The molecule has 0 aliphatic carbocycles. The molecular formula is C17H12BrN5O2. The quantitative estimate of drug-likeness (QED) is 0.532. The standard InChI is InChI=1S/C17H12BrN5O2/c18-13-6-4-11(5-7-13)15-9-16(22-17(21-15)19-10-20-22)12-2-1-3-14(8-12)23(24)25/h1-10,16H,(H,19,20,21)/t16-/m0/s1. The molecule has 1 aromatic heterocycles. The van der Waals surface area contributed by atoms with E-state index in [-0.39, 0.29) is 11.7 Å². The lowest BCUT2D eigenvalue weighted by molar-refractivity contribution is -0.384. The molecule has 3 aromatic rings. The molecule has 0 spiro atoms. The summed E-state index contributed by atoms with van der Waals surface area (Å²) in [6.45, 7) is 0. The molecule has 0 radical (unpaired) electrons. The summed E-state index contributed by atoms with van der Waals surface area (Å²) in [7, 11) is 0. The highest BCUT2D eigenvalue weighted by Crippen LogP contribution is 2.33. The number of hydrogen-bond donors (Lipinski definition) is 1. The third kappa shape index (κ3) is 2.91. The van der Waals surface area contributed by atoms with Crippen LogP contribution in [-0.4, -0.2) is 19.7 Å². The highest BCUT2D eigenvalue weighted by atomic mass is 79.9. The number of non-ortho nitro benzene ring substituents is 1. The first-order valence-corrected chi connectivity index (χ1v) is 8.30. The zero-order valence-corrected chi connectivity index (χ0v) is 14.4. The summed E-state index contributed by atoms with van der Waals surface area (Å²) >= 11 is 3.43. The number of nitro benzene ring substituents is 1. The fraction of sp³-hybridized carbons (Fsp3) is 0.0588. The zero-order chi connectivity index (χ0) is 17.4. The number of aromatic nitrogens is 3. The van der Waals surface area contributed by atoms with E-state index in [0.29, 0.717) is 5.95 Å². The van der Waals surface area contributed by atoms with Crippen molar-refractivity contribution in [1.82, 2.24) is 14.8 Å². The first-order chi connectivity index (χ1) is 12.1. The first kappa shape index (κ1) is 15.5. The molecule has 0 saturated carbocycles. The van der Waals surface area contributed by atoms with Crippen molar-refractivity contribution < 1.29 is 4.92 Å². The van der Waals surface area contributed by atoms with Crippen molar-refractivity contribution in [2.75, 3.05) is 5.32 Å². The largest absolute Gasteiger partial charge is 0.324 e. The number of nitrogens with one attached hydrogen (secondary N) is 1. The normalized spacial score (nSPS) is 15.9. The van der Waals surface area contributed by atoms with Crippen molar-refractivity contribution in [3.63, 3.8) is 0 Å². The predicted molar refractivity (Wildman–Crippen MR) is 97.0 cm³/mol. The number of halogens is 1. The second kappa shape index (κ2) is 6.14. The van der Waals surface area contributed by atoms with Gasteiger partial charge in [0.1, 0.15) is 12.4 Å². The maximum atomic E-state index is 11.1. The number of anilines is 1. The van der Waals surface area contributed by atoms with E-state index in [1.54, 1.807) is 16.8 Å². The summed E-state index contributed by atoms with van der Waals surface area (Å²) in [4.78, 5) is 14.9. The van der Waals surface area contributed by atoms with E-state index in [4.69, 9.17) is 0 Å². The summed E-state index contributed by atoms with van der Waals surface area (Å²) in [5.74, 6) is 0.594. The molecule has 7 nitrogen and oxygen atoms in total. The van der Waals surface area contributed by atoms with Crippen LogP contribution in [0.1, 0.15) is 17.2 Å². The molecule has 1 aliphatic heterocycles. The van der Waals surface area contributed by atoms with Crippen LogP contribution in [0, 0.1) is 10.1 Å². The van der Waals surface area contributed by atoms with Gasteiger partial charge in [-0.05, 0) is 29.3 Å². The van der Waals surface area contributed by atoms with Gasteiger partial charge in [0.2, 0.25) is 5.95 Å². The first-order valence-electron chi connectivity index (χ1n) is 7.50. The van der Waals surface area contributed by atoms with Gasteiger partial charge in [-0.1, -0.05) is 40.2 Å². The van der Waals surface area contributed by atoms with Crippen LogP contribution in [0.3, 0.4) is 0 Å². The van der Waals surface area contributed by atoms with E-state index < -0.39 is 4.92 Å². The third-order valence-corrected chi connectivity index (χ3v) is 4.51. The Kier molecular flexibility index (Phi) is 3.81. The number of allylic oxidation sites excluding steroid dienone is 1. The highest BCUT2D eigenvalue weighted by Gasteiger charge is 2.24. The lowest BCUT2D eigenvalue weighted by Crippen LogP contribution is -2.20. The average molecular weight is 398 g/mol. The van der Waals surface area contributed by atoms with Crippen molar-refractivity contribution in [3.8, 4) is 0 Å². The molecule has 2 aromatic carbocycles. The second-order valence-electron chi connectivity index (χ2n) is 5.54. The third-order valence-electron chi connectivity index (χ3n) is 3.99. The zero-order valence-electron chi connectivity index (χ0n) is 12.8. The van der Waals surface area contributed by atoms with Gasteiger partial charge in [0.15, 0.2) is 0 Å². The van der Waals surface area contributed by atoms with Gasteiger partial charge in [-0.25, -0.2) is 4.68 Å². The van der Waals surface area contributed by atoms with Crippen LogP contribution in [0.25, 0.3) is 5.70 Å². The van der Waals surface area contributed by atoms with Crippen LogP contribution in [0.5, 0.6) is 0 Å². The number of hydrogen-bond acceptors (Lipinski definition) is 5. The Morgan fingerprint density at radius 3 is 2.76 bits per heavy atom. The number of benzene rings is 2. The molecule has 0 fully saturated rings. The number of nitro groups is 1. The molecular weight excluding hydrogens is 386 g/mol. The fourth-order valence-corrected chi connectivity index (χ4v) is 3.06. The smallest absolute Gasteiger partial charge is 0.269 e. The summed E-state index contributed by atoms with van der Waals surface area (Å²) in [5.41, 5.74) is 2.70. The van der Waals surface area contributed by atoms with Crippen LogP contribution in [0.15, 0.2) is 65.4 Å². The van der Waals surface area contributed by atoms with E-state index in [0.717, 1.165) is 21.3 Å². The molecule has 1 N–H and O–H groups in total. The van der Waals surface area contributed by atoms with Crippen molar-refractivity contribution in [3.05, 3.63) is 86.6 Å². The molecule has 2 heterocycles. The molecule has 4 rings (SSSR count). The molecule has 1 aliphatic rings. The van der Waals surface area contributed by atoms with E-state index >= 15 is 0 Å². The van der Waals surface area contributed by atoms with Gasteiger partial charge in [0, 0.05) is 22.3 Å². The summed E-state index contributed by atoms with van der Waals surface area (Å²) < 4.78 is 2.70. The van der Waals surface area contributed by atoms with E-state index in [2.05, 4.69) is 31.3 Å². The topological polar surface area (TPSA) is 85.9 Å². The van der Waals surface area contributed by atoms with Crippen molar-refractivity contribution in [1.29, 1.82) is 0 Å². The van der Waals surface area contributed by atoms with Crippen molar-refractivity contribution in [2.45, 2.75) is 6.04 Å². The van der Waals surface area contributed by atoms with Crippen LogP contribution in [0.2, 0.25) is 0 Å². The summed E-state index contributed by atoms with van der Waals surface area (Å²) in [6.07, 6.45) is 3.45. The minimum atomic E-state index is -0.397. The van der Waals surface area contributed by atoms with Crippen LogP contribution >= 0.6 is 15.9 Å². The van der Waals surface area contributed by atoms with Crippen molar-refractivity contribution >= 4 is 33.3 Å². The molecule has 8 heteroatoms. The average Bonchev–Trinajstić information content (AvgIpc) is 3.10. The fourth-order valence-electron chi connectivity index (χ4n) is 2.79. The molecule has 25 heavy (non-hydrogen) atoms. The lowest BCUT2D eigenvalue weighted by atomic mass is 10.0. The number of fused-ring (bicyclic) bond motifs is 1. The van der Waals surface area contributed by atoms with Crippen LogP contribution in [0.4, 0.5) is 11.6 Å². The van der Waals surface area contributed by atoms with Gasteiger partial charge >= 0.3 is 0 Å². The summed E-state index contributed by atoms with van der Waals surface area (Å²) in [5, 5.41) is 18.6. The SMILES string of the molecule is O=[N+]([O-])c1cccc([C@@H]2C=C(c3ccc(Br)cc3)Nc3ncnn32)c1. The van der Waals surface area contributed by atoms with Gasteiger partial charge in [-0.15, -0.1) is 0 Å². The molecule has 0 unspecified atom stereocenters. The van der Waals surface area contributed by atoms with Crippen LogP contribution < -0.4 is 5.32 Å². The monoisotopic (exact) mass is 397 g/mol. The van der Waals surface area contributed by atoms with Gasteiger partial charge in [-0.2, -0.15) is 10.1 Å². The second-order valence-corrected chi connectivity index (χ2v) is 6.45. The molecule has 0 bridgehead atoms. The number of rotatable bonds is 3. The Labute approximate surface area is 151 Å². The Bertz CT molecular complexity index is 981. The van der Waals surface area contributed by atoms with Crippen LogP contribution in [-0.2, 0) is 0 Å². The Hall–Kier alpha value is -3.00. The Balaban J connectivity index is 1.81. The molecule has 0 amide bonds. The van der Waals surface area contributed by atoms with Gasteiger partial charge in [-0.3, -0.25) is 10.1 Å². The van der Waals surface area contributed by atoms with Crippen molar-refractivity contribution in [2.24, 2.45) is 0 Å². The maximum absolute atomic E-state index is 11.1. The Morgan fingerprint density at radius 2 is 2.00 bits per heavy atom. The van der Waals surface area contributed by atoms with E-state index in [1.807, 2.05) is 36.4 Å². The van der Waals surface area contributed by atoms with Gasteiger partial charge in [0.25, 0.3) is 5.69 Å². The molecule has 0 saturated heterocycles. The van der Waals surface area contributed by atoms with Gasteiger partial charge in [0.05, 0.1) is 4.92 Å². The highest BCUT2D eigenvalue weighted by molar-refractivity contribution is 9.10.